The Morgan fingerprint density at radius 1 is 1.53 bits per heavy atom. The second kappa shape index (κ2) is 6.60. The van der Waals surface area contributed by atoms with E-state index in [9.17, 15) is 9.59 Å². The molecule has 3 amide bonds. The zero-order valence-electron chi connectivity index (χ0n) is 8.66. The Kier molecular flexibility index (Phi) is 6.23. The number of carbonyl (C=O) groups is 2. The Labute approximate surface area is 95.0 Å². The van der Waals surface area contributed by atoms with Gasteiger partial charge in [0.2, 0.25) is 5.91 Å². The van der Waals surface area contributed by atoms with Crippen molar-refractivity contribution in [3.05, 3.63) is 0 Å². The van der Waals surface area contributed by atoms with Crippen molar-refractivity contribution in [3.8, 4) is 0 Å². The summed E-state index contributed by atoms with van der Waals surface area (Å²) in [5.74, 6) is -0.293. The van der Waals surface area contributed by atoms with Crippen molar-refractivity contribution in [2.24, 2.45) is 5.73 Å². The molecule has 0 radical (unpaired) electrons. The van der Waals surface area contributed by atoms with Gasteiger partial charge < -0.3 is 11.1 Å². The molecular weight excluding hydrogens is 220 g/mol. The maximum absolute atomic E-state index is 11.2. The van der Waals surface area contributed by atoms with Crippen LogP contribution < -0.4 is 16.4 Å². The first-order chi connectivity index (χ1) is 6.61. The predicted octanol–water partition coefficient (Wildman–Crippen LogP) is -1.10. The van der Waals surface area contributed by atoms with Gasteiger partial charge in [-0.2, -0.15) is 0 Å². The van der Waals surface area contributed by atoms with E-state index in [0.717, 1.165) is 19.5 Å². The van der Waals surface area contributed by atoms with E-state index in [2.05, 4.69) is 10.6 Å². The van der Waals surface area contributed by atoms with E-state index in [1.54, 1.807) is 0 Å². The SMILES string of the molecule is CNC(=O)NC(=O)CN1CC[C@@H](N)C1.Cl. The number of urea groups is 1. The molecule has 0 aromatic carbocycles. The second-order valence-electron chi connectivity index (χ2n) is 3.41. The van der Waals surface area contributed by atoms with Gasteiger partial charge in [-0.15, -0.1) is 12.4 Å². The summed E-state index contributed by atoms with van der Waals surface area (Å²) >= 11 is 0. The molecule has 4 N–H and O–H groups in total. The van der Waals surface area contributed by atoms with Crippen molar-refractivity contribution in [1.82, 2.24) is 15.5 Å². The molecule has 7 heteroatoms. The number of halogens is 1. The predicted molar refractivity (Wildman–Crippen MR) is 58.9 cm³/mol. The van der Waals surface area contributed by atoms with Crippen molar-refractivity contribution in [2.75, 3.05) is 26.7 Å². The zero-order chi connectivity index (χ0) is 10.6. The van der Waals surface area contributed by atoms with E-state index < -0.39 is 6.03 Å². The average Bonchev–Trinajstić information content (AvgIpc) is 2.50. The van der Waals surface area contributed by atoms with E-state index in [4.69, 9.17) is 5.73 Å². The van der Waals surface area contributed by atoms with E-state index in [1.807, 2.05) is 4.90 Å². The lowest BCUT2D eigenvalue weighted by Gasteiger charge is -2.13. The lowest BCUT2D eigenvalue weighted by atomic mass is 10.3. The first kappa shape index (κ1) is 14.2. The van der Waals surface area contributed by atoms with E-state index in [1.165, 1.54) is 7.05 Å². The lowest BCUT2D eigenvalue weighted by Crippen LogP contribution is -2.43. The highest BCUT2D eigenvalue weighted by Gasteiger charge is 2.21. The van der Waals surface area contributed by atoms with Gasteiger partial charge in [-0.1, -0.05) is 0 Å². The molecule has 0 aromatic heterocycles. The number of amides is 3. The average molecular weight is 237 g/mol. The molecule has 0 unspecified atom stereocenters. The Morgan fingerprint density at radius 3 is 2.67 bits per heavy atom. The van der Waals surface area contributed by atoms with Gasteiger partial charge in [0.1, 0.15) is 0 Å². The summed E-state index contributed by atoms with van der Waals surface area (Å²) in [6, 6.07) is -0.318. The van der Waals surface area contributed by atoms with Crippen molar-refractivity contribution in [3.63, 3.8) is 0 Å². The van der Waals surface area contributed by atoms with Crippen molar-refractivity contribution in [2.45, 2.75) is 12.5 Å². The fourth-order valence-corrected chi connectivity index (χ4v) is 1.44. The van der Waals surface area contributed by atoms with E-state index >= 15 is 0 Å². The number of hydrogen-bond acceptors (Lipinski definition) is 4. The van der Waals surface area contributed by atoms with Gasteiger partial charge in [-0.25, -0.2) is 4.79 Å². The molecule has 88 valence electrons. The van der Waals surface area contributed by atoms with E-state index in [-0.39, 0.29) is 30.9 Å². The van der Waals surface area contributed by atoms with E-state index in [0.29, 0.717) is 0 Å². The standard InChI is InChI=1S/C8H16N4O2.ClH/c1-10-8(14)11-7(13)5-12-3-2-6(9)4-12;/h6H,2-5,9H2,1H3,(H2,10,11,13,14);1H/t6-;/m1./s1. The van der Waals surface area contributed by atoms with Crippen LogP contribution in [0.2, 0.25) is 0 Å². The summed E-state index contributed by atoms with van der Waals surface area (Å²) in [5.41, 5.74) is 5.68. The summed E-state index contributed by atoms with van der Waals surface area (Å²) in [7, 11) is 1.47. The van der Waals surface area contributed by atoms with Crippen LogP contribution in [0.15, 0.2) is 0 Å². The smallest absolute Gasteiger partial charge is 0.321 e. The summed E-state index contributed by atoms with van der Waals surface area (Å²) in [4.78, 5) is 23.9. The number of rotatable bonds is 2. The van der Waals surface area contributed by atoms with Crippen LogP contribution in [0, 0.1) is 0 Å². The highest BCUT2D eigenvalue weighted by Crippen LogP contribution is 2.05. The van der Waals surface area contributed by atoms with Crippen LogP contribution in [-0.2, 0) is 4.79 Å². The topological polar surface area (TPSA) is 87.5 Å². The maximum atomic E-state index is 11.2. The summed E-state index contributed by atoms with van der Waals surface area (Å²) in [5, 5.41) is 4.52. The summed E-state index contributed by atoms with van der Waals surface area (Å²) < 4.78 is 0. The molecule has 1 fully saturated rings. The van der Waals surface area contributed by atoms with Gasteiger partial charge in [0.05, 0.1) is 6.54 Å². The second-order valence-corrected chi connectivity index (χ2v) is 3.41. The first-order valence-electron chi connectivity index (χ1n) is 4.61. The number of nitrogens with two attached hydrogens (primary N) is 1. The molecule has 1 heterocycles. The minimum atomic E-state index is -0.474. The van der Waals surface area contributed by atoms with Crippen molar-refractivity contribution >= 4 is 24.3 Å². The van der Waals surface area contributed by atoms with Gasteiger partial charge in [0.15, 0.2) is 0 Å². The Balaban J connectivity index is 0.00000196. The molecule has 0 bridgehead atoms. The monoisotopic (exact) mass is 236 g/mol. The minimum absolute atomic E-state index is 0. The number of hydrogen-bond donors (Lipinski definition) is 3. The van der Waals surface area contributed by atoms with Crippen LogP contribution in [0.25, 0.3) is 0 Å². The quantitative estimate of drug-likeness (QED) is 0.568. The highest BCUT2D eigenvalue weighted by molar-refractivity contribution is 5.95. The summed E-state index contributed by atoms with van der Waals surface area (Å²) in [6.07, 6.45) is 0.910. The van der Waals surface area contributed by atoms with Crippen LogP contribution in [0.1, 0.15) is 6.42 Å². The van der Waals surface area contributed by atoms with Crippen LogP contribution in [0.3, 0.4) is 0 Å². The summed E-state index contributed by atoms with van der Waals surface area (Å²) in [6.45, 7) is 1.78. The third-order valence-electron chi connectivity index (χ3n) is 2.16. The highest BCUT2D eigenvalue weighted by atomic mass is 35.5. The molecular formula is C8H17ClN4O2. The Hall–Kier alpha value is -0.850. The molecule has 1 aliphatic rings. The molecule has 1 aliphatic heterocycles. The fourth-order valence-electron chi connectivity index (χ4n) is 1.44. The third kappa shape index (κ3) is 4.96. The van der Waals surface area contributed by atoms with Gasteiger partial charge >= 0.3 is 6.03 Å². The van der Waals surface area contributed by atoms with Crippen molar-refractivity contribution < 1.29 is 9.59 Å². The lowest BCUT2D eigenvalue weighted by molar-refractivity contribution is -0.120. The minimum Gasteiger partial charge on any atom is -0.341 e. The largest absolute Gasteiger partial charge is 0.341 e. The van der Waals surface area contributed by atoms with Crippen LogP contribution in [0.4, 0.5) is 4.79 Å². The Morgan fingerprint density at radius 2 is 2.20 bits per heavy atom. The Bertz CT molecular complexity index is 237. The van der Waals surface area contributed by atoms with Crippen LogP contribution >= 0.6 is 12.4 Å². The van der Waals surface area contributed by atoms with Gasteiger partial charge in [0, 0.05) is 26.2 Å². The molecule has 15 heavy (non-hydrogen) atoms. The molecule has 0 aliphatic carbocycles. The molecule has 1 atom stereocenters. The van der Waals surface area contributed by atoms with Crippen LogP contribution in [-0.4, -0.2) is 49.6 Å². The molecule has 1 saturated heterocycles. The number of imide groups is 1. The van der Waals surface area contributed by atoms with Gasteiger partial charge in [-0.3, -0.25) is 15.0 Å². The first-order valence-corrected chi connectivity index (χ1v) is 4.61. The third-order valence-corrected chi connectivity index (χ3v) is 2.16. The fraction of sp³-hybridized carbons (Fsp3) is 0.750. The molecule has 6 nitrogen and oxygen atoms in total. The normalized spacial score (nSPS) is 20.5. The number of nitrogens with one attached hydrogen (secondary N) is 2. The van der Waals surface area contributed by atoms with Gasteiger partial charge in [-0.05, 0) is 6.42 Å². The van der Waals surface area contributed by atoms with Gasteiger partial charge in [0.25, 0.3) is 0 Å². The maximum Gasteiger partial charge on any atom is 0.321 e. The number of carbonyl (C=O) groups excluding carboxylic acids is 2. The number of likely N-dealkylation sites (tertiary alicyclic amines) is 1. The number of nitrogens with zero attached hydrogens (tertiary/aromatic N) is 1. The molecule has 0 spiro atoms. The molecule has 1 rings (SSSR count). The van der Waals surface area contributed by atoms with Crippen molar-refractivity contribution in [1.29, 1.82) is 0 Å². The van der Waals surface area contributed by atoms with Crippen LogP contribution in [0.5, 0.6) is 0 Å². The molecule has 0 aromatic rings. The zero-order valence-corrected chi connectivity index (χ0v) is 9.47. The molecule has 0 saturated carbocycles.